The fourth-order valence-electron chi connectivity index (χ4n) is 4.03. The number of esters is 1. The lowest BCUT2D eigenvalue weighted by Gasteiger charge is -2.29. The van der Waals surface area contributed by atoms with Gasteiger partial charge in [-0.05, 0) is 39.5 Å². The molecule has 0 bridgehead atoms. The minimum absolute atomic E-state index is 0.170. The highest BCUT2D eigenvalue weighted by molar-refractivity contribution is 6.07. The van der Waals surface area contributed by atoms with E-state index in [1.54, 1.807) is 19.3 Å². The lowest BCUT2D eigenvalue weighted by atomic mass is 9.84. The molecule has 29 heavy (non-hydrogen) atoms. The maximum atomic E-state index is 12.8. The number of nitrogens with one attached hydrogen (secondary N) is 2. The Balaban J connectivity index is 1.88. The van der Waals surface area contributed by atoms with E-state index in [4.69, 9.17) is 4.74 Å². The molecular weight excluding hydrogens is 370 g/mol. The molecule has 1 saturated carbocycles. The molecule has 3 rings (SSSR count). The zero-order valence-electron chi connectivity index (χ0n) is 17.5. The van der Waals surface area contributed by atoms with Crippen molar-refractivity contribution in [2.24, 2.45) is 5.92 Å². The van der Waals surface area contributed by atoms with Crippen molar-refractivity contribution in [2.45, 2.75) is 65.5 Å². The molecule has 8 heteroatoms. The summed E-state index contributed by atoms with van der Waals surface area (Å²) in [5, 5.41) is 11.4. The van der Waals surface area contributed by atoms with Gasteiger partial charge < -0.3 is 15.4 Å². The third-order valence-corrected chi connectivity index (χ3v) is 5.64. The molecule has 1 atom stereocenters. The number of carbonyl (C=O) groups is 2. The largest absolute Gasteiger partial charge is 0.465 e. The van der Waals surface area contributed by atoms with Crippen LogP contribution in [0.15, 0.2) is 12.4 Å². The van der Waals surface area contributed by atoms with Crippen molar-refractivity contribution in [2.75, 3.05) is 18.5 Å². The average molecular weight is 402 g/mol. The second-order valence-electron chi connectivity index (χ2n) is 7.56. The van der Waals surface area contributed by atoms with Crippen LogP contribution in [0.1, 0.15) is 63.2 Å². The topological polar surface area (TPSA) is 98.1 Å². The first-order chi connectivity index (χ1) is 14.0. The number of pyridine rings is 1. The molecule has 1 aliphatic carbocycles. The molecular formula is C21H31N5O3. The summed E-state index contributed by atoms with van der Waals surface area (Å²) < 4.78 is 6.70. The second-order valence-corrected chi connectivity index (χ2v) is 7.56. The van der Waals surface area contributed by atoms with Gasteiger partial charge in [-0.25, -0.2) is 9.67 Å². The molecule has 0 aliphatic heterocycles. The fraction of sp³-hybridized carbons (Fsp3) is 0.619. The van der Waals surface area contributed by atoms with Crippen LogP contribution in [0.2, 0.25) is 0 Å². The molecule has 158 valence electrons. The molecule has 0 aromatic carbocycles. The van der Waals surface area contributed by atoms with Gasteiger partial charge in [-0.3, -0.25) is 9.59 Å². The van der Waals surface area contributed by atoms with E-state index in [1.165, 1.54) is 32.1 Å². The van der Waals surface area contributed by atoms with E-state index in [0.717, 1.165) is 16.7 Å². The predicted molar refractivity (Wildman–Crippen MR) is 112 cm³/mol. The van der Waals surface area contributed by atoms with Crippen LogP contribution in [0.5, 0.6) is 0 Å². The minimum atomic E-state index is -0.459. The standard InChI is InChI=1S/C21H31N5O3/c1-4-26-20-16(12-24-26)19(25-14(3)15-9-7-6-8-10-15)17(11-22-20)21(28)23-13-18(27)29-5-2/h11-12,14-15H,4-10,13H2,1-3H3,(H,22,25)(H,23,28)/t14-/m1/s1. The summed E-state index contributed by atoms with van der Waals surface area (Å²) in [7, 11) is 0. The zero-order valence-corrected chi connectivity index (χ0v) is 17.5. The van der Waals surface area contributed by atoms with Crippen molar-refractivity contribution in [3.05, 3.63) is 18.0 Å². The van der Waals surface area contributed by atoms with Crippen LogP contribution in [-0.4, -0.2) is 45.8 Å². The van der Waals surface area contributed by atoms with Crippen molar-refractivity contribution in [3.63, 3.8) is 0 Å². The van der Waals surface area contributed by atoms with Gasteiger partial charge in [0.1, 0.15) is 6.54 Å². The Bertz CT molecular complexity index is 857. The average Bonchev–Trinajstić information content (AvgIpc) is 3.16. The van der Waals surface area contributed by atoms with Crippen molar-refractivity contribution in [1.29, 1.82) is 0 Å². The van der Waals surface area contributed by atoms with Crippen LogP contribution < -0.4 is 10.6 Å². The summed E-state index contributed by atoms with van der Waals surface area (Å²) in [5.74, 6) is -0.238. The summed E-state index contributed by atoms with van der Waals surface area (Å²) in [6.07, 6.45) is 9.51. The fourth-order valence-corrected chi connectivity index (χ4v) is 4.03. The number of ether oxygens (including phenoxy) is 1. The molecule has 0 saturated heterocycles. The van der Waals surface area contributed by atoms with Crippen LogP contribution in [0.3, 0.4) is 0 Å². The molecule has 2 N–H and O–H groups in total. The molecule has 8 nitrogen and oxygen atoms in total. The molecule has 0 spiro atoms. The van der Waals surface area contributed by atoms with Gasteiger partial charge in [0.15, 0.2) is 5.65 Å². The number of hydrogen-bond donors (Lipinski definition) is 2. The Labute approximate surface area is 171 Å². The highest BCUT2D eigenvalue weighted by Gasteiger charge is 2.24. The minimum Gasteiger partial charge on any atom is -0.465 e. The van der Waals surface area contributed by atoms with Crippen LogP contribution in [0.25, 0.3) is 11.0 Å². The maximum absolute atomic E-state index is 12.8. The van der Waals surface area contributed by atoms with Crippen molar-refractivity contribution in [1.82, 2.24) is 20.1 Å². The number of nitrogens with zero attached hydrogens (tertiary/aromatic N) is 3. The first-order valence-corrected chi connectivity index (χ1v) is 10.6. The van der Waals surface area contributed by atoms with E-state index >= 15 is 0 Å². The molecule has 2 aromatic heterocycles. The molecule has 0 radical (unpaired) electrons. The van der Waals surface area contributed by atoms with Crippen LogP contribution in [-0.2, 0) is 16.1 Å². The normalized spacial score (nSPS) is 15.8. The number of aromatic nitrogens is 3. The smallest absolute Gasteiger partial charge is 0.325 e. The molecule has 1 fully saturated rings. The quantitative estimate of drug-likeness (QED) is 0.660. The lowest BCUT2D eigenvalue weighted by molar-refractivity contribution is -0.141. The molecule has 2 heterocycles. The van der Waals surface area contributed by atoms with E-state index in [9.17, 15) is 9.59 Å². The molecule has 0 unspecified atom stereocenters. The summed E-state index contributed by atoms with van der Waals surface area (Å²) in [4.78, 5) is 28.9. The van der Waals surface area contributed by atoms with E-state index in [2.05, 4.69) is 27.6 Å². The van der Waals surface area contributed by atoms with Gasteiger partial charge in [-0.1, -0.05) is 19.3 Å². The van der Waals surface area contributed by atoms with E-state index in [0.29, 0.717) is 18.0 Å². The first-order valence-electron chi connectivity index (χ1n) is 10.6. The summed E-state index contributed by atoms with van der Waals surface area (Å²) in [6, 6.07) is 0.225. The summed E-state index contributed by atoms with van der Waals surface area (Å²) >= 11 is 0. The molecule has 1 aliphatic rings. The van der Waals surface area contributed by atoms with E-state index in [-0.39, 0.29) is 25.1 Å². The van der Waals surface area contributed by atoms with Gasteiger partial charge in [0.05, 0.1) is 29.4 Å². The SMILES string of the molecule is CCOC(=O)CNC(=O)c1cnc2c(cnn2CC)c1N[C@H](C)C1CCCCC1. The Kier molecular flexibility index (Phi) is 7.06. The number of hydrogen-bond acceptors (Lipinski definition) is 6. The Hall–Kier alpha value is -2.64. The van der Waals surface area contributed by atoms with Gasteiger partial charge in [0.2, 0.25) is 0 Å². The number of rotatable bonds is 8. The molecule has 1 amide bonds. The lowest BCUT2D eigenvalue weighted by Crippen LogP contribution is -2.33. The number of fused-ring (bicyclic) bond motifs is 1. The van der Waals surface area contributed by atoms with E-state index in [1.807, 2.05) is 11.6 Å². The third-order valence-electron chi connectivity index (χ3n) is 5.64. The Morgan fingerprint density at radius 3 is 2.69 bits per heavy atom. The van der Waals surface area contributed by atoms with Gasteiger partial charge in [-0.2, -0.15) is 5.10 Å². The zero-order chi connectivity index (χ0) is 20.8. The number of anilines is 1. The van der Waals surface area contributed by atoms with E-state index < -0.39 is 5.97 Å². The number of amides is 1. The van der Waals surface area contributed by atoms with Gasteiger partial charge in [-0.15, -0.1) is 0 Å². The van der Waals surface area contributed by atoms with Crippen molar-refractivity contribution < 1.29 is 14.3 Å². The highest BCUT2D eigenvalue weighted by atomic mass is 16.5. The number of carbonyl (C=O) groups excluding carboxylic acids is 2. The Morgan fingerprint density at radius 1 is 1.24 bits per heavy atom. The van der Waals surface area contributed by atoms with Gasteiger partial charge in [0, 0.05) is 18.8 Å². The predicted octanol–water partition coefficient (Wildman–Crippen LogP) is 3.12. The van der Waals surface area contributed by atoms with Gasteiger partial charge in [0.25, 0.3) is 5.91 Å². The maximum Gasteiger partial charge on any atom is 0.325 e. The van der Waals surface area contributed by atoms with Crippen LogP contribution in [0, 0.1) is 5.92 Å². The second kappa shape index (κ2) is 9.71. The van der Waals surface area contributed by atoms with Crippen molar-refractivity contribution in [3.8, 4) is 0 Å². The first kappa shape index (κ1) is 21.1. The summed E-state index contributed by atoms with van der Waals surface area (Å²) in [5.41, 5.74) is 1.89. The molecule has 2 aromatic rings. The number of aryl methyl sites for hydroxylation is 1. The third kappa shape index (κ3) is 4.86. The van der Waals surface area contributed by atoms with Crippen LogP contribution >= 0.6 is 0 Å². The monoisotopic (exact) mass is 401 g/mol. The Morgan fingerprint density at radius 2 is 2.00 bits per heavy atom. The highest BCUT2D eigenvalue weighted by Crippen LogP contribution is 2.31. The van der Waals surface area contributed by atoms with Crippen LogP contribution in [0.4, 0.5) is 5.69 Å². The van der Waals surface area contributed by atoms with Crippen molar-refractivity contribution >= 4 is 28.6 Å². The van der Waals surface area contributed by atoms with Gasteiger partial charge >= 0.3 is 5.97 Å². The summed E-state index contributed by atoms with van der Waals surface area (Å²) in [6.45, 7) is 6.72.